The molecular weight excluding hydrogens is 260 g/mol. The Hall–Kier alpha value is -1.81. The van der Waals surface area contributed by atoms with Crippen molar-refractivity contribution in [3.63, 3.8) is 0 Å². The highest BCUT2D eigenvalue weighted by molar-refractivity contribution is 7.90. The highest BCUT2D eigenvalue weighted by Gasteiger charge is 2.10. The van der Waals surface area contributed by atoms with E-state index < -0.39 is 9.84 Å². The van der Waals surface area contributed by atoms with Gasteiger partial charge in [0, 0.05) is 11.8 Å². The Bertz CT molecular complexity index is 686. The molecule has 99 valence electrons. The number of hydrogen-bond donors (Lipinski definition) is 0. The van der Waals surface area contributed by atoms with Crippen LogP contribution >= 0.6 is 0 Å². The lowest BCUT2D eigenvalue weighted by molar-refractivity contribution is 0.356. The van der Waals surface area contributed by atoms with Crippen LogP contribution in [0.5, 0.6) is 5.75 Å². The van der Waals surface area contributed by atoms with Crippen molar-refractivity contribution in [1.82, 2.24) is 0 Å². The van der Waals surface area contributed by atoms with Crippen LogP contribution in [-0.2, 0) is 21.4 Å². The van der Waals surface area contributed by atoms with Gasteiger partial charge in [-0.05, 0) is 41.8 Å². The molecule has 0 aliphatic rings. The molecule has 0 atom stereocenters. The van der Waals surface area contributed by atoms with E-state index in [0.717, 1.165) is 17.5 Å². The summed E-state index contributed by atoms with van der Waals surface area (Å²) in [6.45, 7) is 2.02. The standard InChI is InChI=1S/C15H15O3S/c1-3-11-4-9-15(16)14(10-11)12-5-7-13(8-6-12)19(2,17)18/h4-10H,3H2,1-2H3. The van der Waals surface area contributed by atoms with Crippen LogP contribution in [0.4, 0.5) is 0 Å². The fraction of sp³-hybridized carbons (Fsp3) is 0.200. The van der Waals surface area contributed by atoms with E-state index in [1.54, 1.807) is 18.2 Å². The number of aryl methyl sites for hydroxylation is 1. The molecule has 0 saturated carbocycles. The van der Waals surface area contributed by atoms with Crippen molar-refractivity contribution >= 4 is 9.84 Å². The third-order valence-corrected chi connectivity index (χ3v) is 4.17. The summed E-state index contributed by atoms with van der Waals surface area (Å²) in [4.78, 5) is 0.260. The molecule has 0 saturated heterocycles. The molecular formula is C15H15O3S. The lowest BCUT2D eigenvalue weighted by Gasteiger charge is -2.06. The van der Waals surface area contributed by atoms with Crippen molar-refractivity contribution in [2.24, 2.45) is 0 Å². The van der Waals surface area contributed by atoms with Crippen LogP contribution < -0.4 is 0 Å². The largest absolute Gasteiger partial charge is 0.289 e. The molecule has 0 spiro atoms. The van der Waals surface area contributed by atoms with Crippen LogP contribution in [-0.4, -0.2) is 14.7 Å². The lowest BCUT2D eigenvalue weighted by atomic mass is 10.0. The number of rotatable bonds is 3. The molecule has 0 heterocycles. The number of sulfone groups is 1. The van der Waals surface area contributed by atoms with Gasteiger partial charge >= 0.3 is 0 Å². The molecule has 0 N–H and O–H groups in total. The van der Waals surface area contributed by atoms with Crippen LogP contribution in [0.15, 0.2) is 47.4 Å². The fourth-order valence-corrected chi connectivity index (χ4v) is 2.53. The second-order valence-electron chi connectivity index (χ2n) is 4.48. The minimum absolute atomic E-state index is 0.0516. The van der Waals surface area contributed by atoms with E-state index in [1.165, 1.54) is 18.4 Å². The van der Waals surface area contributed by atoms with Crippen LogP contribution in [0.1, 0.15) is 12.5 Å². The SMILES string of the molecule is CCc1ccc([O])c(-c2ccc(S(C)(=O)=O)cc2)c1. The van der Waals surface area contributed by atoms with Gasteiger partial charge in [-0.15, -0.1) is 0 Å². The first-order valence-corrected chi connectivity index (χ1v) is 7.91. The summed E-state index contributed by atoms with van der Waals surface area (Å²) in [5.41, 5.74) is 2.44. The topological polar surface area (TPSA) is 54.0 Å². The fourth-order valence-electron chi connectivity index (χ4n) is 1.90. The van der Waals surface area contributed by atoms with E-state index in [1.807, 2.05) is 19.1 Å². The van der Waals surface area contributed by atoms with Gasteiger partial charge in [0.2, 0.25) is 0 Å². The first kappa shape index (κ1) is 13.6. The maximum atomic E-state index is 11.9. The Morgan fingerprint density at radius 2 is 1.63 bits per heavy atom. The first-order chi connectivity index (χ1) is 8.91. The predicted molar refractivity (Wildman–Crippen MR) is 74.5 cm³/mol. The van der Waals surface area contributed by atoms with Crippen LogP contribution in [0, 0.1) is 0 Å². The van der Waals surface area contributed by atoms with Crippen molar-refractivity contribution in [2.45, 2.75) is 18.2 Å². The molecule has 0 bridgehead atoms. The maximum Gasteiger partial charge on any atom is 0.186 e. The second-order valence-corrected chi connectivity index (χ2v) is 6.50. The molecule has 1 radical (unpaired) electrons. The minimum Gasteiger partial charge on any atom is -0.289 e. The van der Waals surface area contributed by atoms with E-state index in [9.17, 15) is 13.5 Å². The summed E-state index contributed by atoms with van der Waals surface area (Å²) in [7, 11) is -3.20. The molecule has 19 heavy (non-hydrogen) atoms. The average molecular weight is 275 g/mol. The molecule has 0 aliphatic heterocycles. The Labute approximate surface area is 113 Å². The number of benzene rings is 2. The normalized spacial score (nSPS) is 11.5. The summed E-state index contributed by atoms with van der Waals surface area (Å²) in [6, 6.07) is 11.6. The molecule has 0 fully saturated rings. The molecule has 0 unspecified atom stereocenters. The summed E-state index contributed by atoms with van der Waals surface area (Å²) in [5, 5.41) is 11.9. The minimum atomic E-state index is -3.20. The molecule has 4 heteroatoms. The van der Waals surface area contributed by atoms with Gasteiger partial charge in [0.15, 0.2) is 15.6 Å². The van der Waals surface area contributed by atoms with E-state index in [0.29, 0.717) is 5.56 Å². The van der Waals surface area contributed by atoms with E-state index in [2.05, 4.69) is 0 Å². The molecule has 0 amide bonds. The van der Waals surface area contributed by atoms with Crippen LogP contribution in [0.25, 0.3) is 11.1 Å². The summed E-state index contributed by atoms with van der Waals surface area (Å²) < 4.78 is 22.8. The Kier molecular flexibility index (Phi) is 3.62. The maximum absolute atomic E-state index is 11.9. The molecule has 3 nitrogen and oxygen atoms in total. The first-order valence-electron chi connectivity index (χ1n) is 6.02. The quantitative estimate of drug-likeness (QED) is 0.861. The van der Waals surface area contributed by atoms with Crippen molar-refractivity contribution in [1.29, 1.82) is 0 Å². The Morgan fingerprint density at radius 1 is 1.00 bits per heavy atom. The zero-order valence-electron chi connectivity index (χ0n) is 10.9. The monoisotopic (exact) mass is 275 g/mol. The van der Waals surface area contributed by atoms with E-state index in [4.69, 9.17) is 0 Å². The van der Waals surface area contributed by atoms with Gasteiger partial charge in [-0.1, -0.05) is 25.1 Å². The average Bonchev–Trinajstić information content (AvgIpc) is 2.38. The molecule has 2 rings (SSSR count). The van der Waals surface area contributed by atoms with Crippen molar-refractivity contribution < 1.29 is 13.5 Å². The predicted octanol–water partition coefficient (Wildman–Crippen LogP) is 3.46. The van der Waals surface area contributed by atoms with Crippen LogP contribution in [0.3, 0.4) is 0 Å². The van der Waals surface area contributed by atoms with Gasteiger partial charge in [-0.3, -0.25) is 5.11 Å². The van der Waals surface area contributed by atoms with Gasteiger partial charge in [-0.2, -0.15) is 0 Å². The highest BCUT2D eigenvalue weighted by atomic mass is 32.2. The van der Waals surface area contributed by atoms with Gasteiger partial charge in [0.1, 0.15) is 0 Å². The van der Waals surface area contributed by atoms with E-state index >= 15 is 0 Å². The molecule has 0 aromatic heterocycles. The van der Waals surface area contributed by atoms with Crippen molar-refractivity contribution in [3.8, 4) is 16.9 Å². The third kappa shape index (κ3) is 2.96. The summed E-state index contributed by atoms with van der Waals surface area (Å²) in [5.74, 6) is -0.0516. The Morgan fingerprint density at radius 3 is 2.16 bits per heavy atom. The molecule has 2 aromatic rings. The molecule has 2 aromatic carbocycles. The third-order valence-electron chi connectivity index (χ3n) is 3.05. The second kappa shape index (κ2) is 5.05. The van der Waals surface area contributed by atoms with Crippen molar-refractivity contribution in [3.05, 3.63) is 48.0 Å². The molecule has 0 aliphatic carbocycles. The van der Waals surface area contributed by atoms with Gasteiger partial charge < -0.3 is 0 Å². The summed E-state index contributed by atoms with van der Waals surface area (Å²) >= 11 is 0. The Balaban J connectivity index is 2.48. The van der Waals surface area contributed by atoms with Gasteiger partial charge in [0.05, 0.1) is 4.90 Å². The lowest BCUT2D eigenvalue weighted by Crippen LogP contribution is -1.96. The van der Waals surface area contributed by atoms with Crippen molar-refractivity contribution in [2.75, 3.05) is 6.26 Å². The van der Waals surface area contributed by atoms with Gasteiger partial charge in [-0.25, -0.2) is 8.42 Å². The smallest absolute Gasteiger partial charge is 0.186 e. The van der Waals surface area contributed by atoms with Gasteiger partial charge in [0.25, 0.3) is 0 Å². The zero-order chi connectivity index (χ0) is 14.0. The highest BCUT2D eigenvalue weighted by Crippen LogP contribution is 2.31. The van der Waals surface area contributed by atoms with E-state index in [-0.39, 0.29) is 10.6 Å². The number of hydrogen-bond acceptors (Lipinski definition) is 2. The van der Waals surface area contributed by atoms with Crippen LogP contribution in [0.2, 0.25) is 0 Å². The summed E-state index contributed by atoms with van der Waals surface area (Å²) in [6.07, 6.45) is 2.02. The zero-order valence-corrected chi connectivity index (χ0v) is 11.7.